The van der Waals surface area contributed by atoms with Gasteiger partial charge in [-0.2, -0.15) is 0 Å². The Bertz CT molecular complexity index is 89.8. The molecule has 2 heterocycles. The number of fused-ring (bicyclic) bond motifs is 1. The normalized spacial score (nSPS) is 40.8. The van der Waals surface area contributed by atoms with Gasteiger partial charge < -0.3 is 10.1 Å². The summed E-state index contributed by atoms with van der Waals surface area (Å²) in [4.78, 5) is 0. The minimum atomic E-state index is 0.544. The highest BCUT2D eigenvalue weighted by molar-refractivity contribution is 4.80. The first kappa shape index (κ1) is 6.62. The summed E-state index contributed by atoms with van der Waals surface area (Å²) < 4.78 is 5.62. The molecular formula is C8H15NO. The predicted octanol–water partition coefficient (Wildman–Crippen LogP) is 0.775. The zero-order valence-corrected chi connectivity index (χ0v) is 6.31. The molecular weight excluding hydrogens is 126 g/mol. The summed E-state index contributed by atoms with van der Waals surface area (Å²) in [6.07, 6.45) is 4.54. The van der Waals surface area contributed by atoms with Gasteiger partial charge in [-0.25, -0.2) is 0 Å². The lowest BCUT2D eigenvalue weighted by molar-refractivity contribution is -0.0384. The largest absolute Gasteiger partial charge is 0.377 e. The van der Waals surface area contributed by atoms with E-state index in [1.165, 1.54) is 25.8 Å². The van der Waals surface area contributed by atoms with Crippen molar-refractivity contribution < 1.29 is 4.74 Å². The first-order valence-electron chi connectivity index (χ1n) is 4.29. The Balaban J connectivity index is 1.93. The Kier molecular flexibility index (Phi) is 1.91. The zero-order valence-electron chi connectivity index (χ0n) is 6.31. The molecule has 0 radical (unpaired) electrons. The number of piperidine rings is 1. The van der Waals surface area contributed by atoms with Crippen LogP contribution in [0.25, 0.3) is 0 Å². The molecule has 0 aromatic rings. The molecule has 2 fully saturated rings. The third kappa shape index (κ3) is 1.18. The molecule has 0 aromatic heterocycles. The number of hydrogen-bond donors (Lipinski definition) is 1. The Morgan fingerprint density at radius 1 is 1.30 bits per heavy atom. The number of rotatable bonds is 0. The molecule has 2 atom stereocenters. The highest BCUT2D eigenvalue weighted by atomic mass is 16.5. The molecule has 2 rings (SSSR count). The van der Waals surface area contributed by atoms with Crippen LogP contribution in [-0.2, 0) is 4.74 Å². The maximum atomic E-state index is 5.62. The van der Waals surface area contributed by atoms with Gasteiger partial charge in [-0.15, -0.1) is 0 Å². The standard InChI is InChI=1S/C8H15NO/c1-2-7-3-4-9-6-8(7)10-5-1/h7-9H,1-6H2/t7-,8+/m1/s1. The number of hydrogen-bond acceptors (Lipinski definition) is 2. The van der Waals surface area contributed by atoms with Crippen LogP contribution in [0.1, 0.15) is 19.3 Å². The van der Waals surface area contributed by atoms with E-state index >= 15 is 0 Å². The Labute approximate surface area is 61.9 Å². The minimum absolute atomic E-state index is 0.544. The summed E-state index contributed by atoms with van der Waals surface area (Å²) in [5.74, 6) is 0.870. The molecule has 0 saturated carbocycles. The van der Waals surface area contributed by atoms with Crippen molar-refractivity contribution in [2.45, 2.75) is 25.4 Å². The fourth-order valence-electron chi connectivity index (χ4n) is 1.99. The maximum Gasteiger partial charge on any atom is 0.0728 e. The summed E-state index contributed by atoms with van der Waals surface area (Å²) in [6, 6.07) is 0. The molecule has 0 bridgehead atoms. The van der Waals surface area contributed by atoms with Gasteiger partial charge in [-0.05, 0) is 31.7 Å². The topological polar surface area (TPSA) is 21.3 Å². The lowest BCUT2D eigenvalue weighted by Gasteiger charge is -2.35. The average Bonchev–Trinajstić information content (AvgIpc) is 2.05. The van der Waals surface area contributed by atoms with E-state index in [4.69, 9.17) is 4.74 Å². The Hall–Kier alpha value is -0.0800. The van der Waals surface area contributed by atoms with Gasteiger partial charge in [0.25, 0.3) is 0 Å². The third-order valence-electron chi connectivity index (χ3n) is 2.61. The van der Waals surface area contributed by atoms with Crippen molar-refractivity contribution in [1.82, 2.24) is 5.32 Å². The van der Waals surface area contributed by atoms with Crippen LogP contribution < -0.4 is 5.32 Å². The van der Waals surface area contributed by atoms with E-state index in [9.17, 15) is 0 Å². The lowest BCUT2D eigenvalue weighted by atomic mass is 9.89. The molecule has 2 nitrogen and oxygen atoms in total. The molecule has 0 spiro atoms. The van der Waals surface area contributed by atoms with Crippen LogP contribution in [0.15, 0.2) is 0 Å². The second-order valence-corrected chi connectivity index (χ2v) is 3.30. The molecule has 2 heteroatoms. The van der Waals surface area contributed by atoms with Gasteiger partial charge in [0, 0.05) is 13.2 Å². The van der Waals surface area contributed by atoms with Crippen LogP contribution in [0.5, 0.6) is 0 Å². The minimum Gasteiger partial charge on any atom is -0.377 e. The van der Waals surface area contributed by atoms with Gasteiger partial charge >= 0.3 is 0 Å². The molecule has 2 aliphatic rings. The quantitative estimate of drug-likeness (QED) is 0.538. The molecule has 2 saturated heterocycles. The van der Waals surface area contributed by atoms with Crippen molar-refractivity contribution in [2.24, 2.45) is 5.92 Å². The smallest absolute Gasteiger partial charge is 0.0728 e. The van der Waals surface area contributed by atoms with E-state index in [-0.39, 0.29) is 0 Å². The predicted molar refractivity (Wildman–Crippen MR) is 40.0 cm³/mol. The summed E-state index contributed by atoms with van der Waals surface area (Å²) in [5, 5.41) is 3.36. The fourth-order valence-corrected chi connectivity index (χ4v) is 1.99. The van der Waals surface area contributed by atoms with Crippen LogP contribution >= 0.6 is 0 Å². The van der Waals surface area contributed by atoms with Crippen LogP contribution in [0.3, 0.4) is 0 Å². The average molecular weight is 141 g/mol. The van der Waals surface area contributed by atoms with E-state index < -0.39 is 0 Å². The summed E-state index contributed by atoms with van der Waals surface area (Å²) >= 11 is 0. The Morgan fingerprint density at radius 2 is 2.30 bits per heavy atom. The second kappa shape index (κ2) is 2.89. The van der Waals surface area contributed by atoms with Crippen molar-refractivity contribution in [3.63, 3.8) is 0 Å². The third-order valence-corrected chi connectivity index (χ3v) is 2.61. The molecule has 2 aliphatic heterocycles. The van der Waals surface area contributed by atoms with E-state index in [0.29, 0.717) is 6.10 Å². The van der Waals surface area contributed by atoms with Gasteiger partial charge in [-0.1, -0.05) is 0 Å². The molecule has 0 aromatic carbocycles. The monoisotopic (exact) mass is 141 g/mol. The second-order valence-electron chi connectivity index (χ2n) is 3.30. The van der Waals surface area contributed by atoms with Crippen LogP contribution in [0.4, 0.5) is 0 Å². The van der Waals surface area contributed by atoms with Gasteiger partial charge in [0.05, 0.1) is 6.10 Å². The first-order chi connectivity index (χ1) is 4.97. The first-order valence-corrected chi connectivity index (χ1v) is 4.29. The van der Waals surface area contributed by atoms with E-state index in [0.717, 1.165) is 19.1 Å². The molecule has 0 aliphatic carbocycles. The Morgan fingerprint density at radius 3 is 3.20 bits per heavy atom. The van der Waals surface area contributed by atoms with Gasteiger partial charge in [-0.3, -0.25) is 0 Å². The fraction of sp³-hybridized carbons (Fsp3) is 1.00. The van der Waals surface area contributed by atoms with Crippen LogP contribution in [0.2, 0.25) is 0 Å². The van der Waals surface area contributed by atoms with Crippen molar-refractivity contribution in [3.8, 4) is 0 Å². The van der Waals surface area contributed by atoms with Gasteiger partial charge in [0.15, 0.2) is 0 Å². The maximum absolute atomic E-state index is 5.62. The van der Waals surface area contributed by atoms with Crippen molar-refractivity contribution in [2.75, 3.05) is 19.7 Å². The summed E-state index contributed by atoms with van der Waals surface area (Å²) in [6.45, 7) is 3.28. The molecule has 10 heavy (non-hydrogen) atoms. The van der Waals surface area contributed by atoms with Crippen molar-refractivity contribution >= 4 is 0 Å². The molecule has 58 valence electrons. The number of ether oxygens (including phenoxy) is 1. The molecule has 0 amide bonds. The SMILES string of the molecule is C1CO[C@H]2CNCC[C@H]2C1. The highest BCUT2D eigenvalue weighted by Gasteiger charge is 2.27. The van der Waals surface area contributed by atoms with Crippen molar-refractivity contribution in [3.05, 3.63) is 0 Å². The molecule has 1 N–H and O–H groups in total. The number of nitrogens with one attached hydrogen (secondary N) is 1. The van der Waals surface area contributed by atoms with E-state index in [1.54, 1.807) is 0 Å². The van der Waals surface area contributed by atoms with Crippen LogP contribution in [-0.4, -0.2) is 25.8 Å². The van der Waals surface area contributed by atoms with Gasteiger partial charge in [0.2, 0.25) is 0 Å². The highest BCUT2D eigenvalue weighted by Crippen LogP contribution is 2.25. The van der Waals surface area contributed by atoms with Gasteiger partial charge in [0.1, 0.15) is 0 Å². The lowest BCUT2D eigenvalue weighted by Crippen LogP contribution is -2.44. The molecule has 0 unspecified atom stereocenters. The zero-order chi connectivity index (χ0) is 6.81. The van der Waals surface area contributed by atoms with Crippen LogP contribution in [0, 0.1) is 5.92 Å². The summed E-state index contributed by atoms with van der Waals surface area (Å²) in [5.41, 5.74) is 0. The van der Waals surface area contributed by atoms with E-state index in [1.807, 2.05) is 0 Å². The van der Waals surface area contributed by atoms with Crippen molar-refractivity contribution in [1.29, 1.82) is 0 Å². The van der Waals surface area contributed by atoms with E-state index in [2.05, 4.69) is 5.32 Å². The summed E-state index contributed by atoms with van der Waals surface area (Å²) in [7, 11) is 0.